The molecule has 0 unspecified atom stereocenters. The van der Waals surface area contributed by atoms with Crippen LogP contribution in [0.4, 0.5) is 0 Å². The smallest absolute Gasteiger partial charge is 0.305 e. The fourth-order valence-electron chi connectivity index (χ4n) is 12.0. The maximum atomic E-state index is 12.6. The SMILES string of the molecule is C=C(C)[C@@H]1CC[C@]2(COC(=O)CCCBr)CC[C@]3(C)[C@H](CC[C@@H]4[C@@]5(C)CC[C@H](O)C(C)(C)[C@@H]5CC[C@]43C)[C@@H]12. The van der Waals surface area contributed by atoms with E-state index in [0.29, 0.717) is 52.9 Å². The van der Waals surface area contributed by atoms with Crippen LogP contribution in [0.3, 0.4) is 0 Å². The highest BCUT2D eigenvalue weighted by Gasteiger charge is 2.70. The first-order valence-corrected chi connectivity index (χ1v) is 16.9. The molecular formula is C34H55BrO3. The van der Waals surface area contributed by atoms with Gasteiger partial charge in [-0.2, -0.15) is 0 Å². The van der Waals surface area contributed by atoms with Crippen molar-refractivity contribution < 1.29 is 14.6 Å². The van der Waals surface area contributed by atoms with Crippen molar-refractivity contribution in [2.24, 2.45) is 56.7 Å². The number of aliphatic hydroxyl groups is 1. The zero-order chi connectivity index (χ0) is 27.7. The number of allylic oxidation sites excluding steroid dienone is 1. The van der Waals surface area contributed by atoms with E-state index in [0.717, 1.165) is 24.1 Å². The highest BCUT2D eigenvalue weighted by atomic mass is 79.9. The number of esters is 1. The molecule has 38 heavy (non-hydrogen) atoms. The third kappa shape index (κ3) is 4.06. The summed E-state index contributed by atoms with van der Waals surface area (Å²) in [5, 5.41) is 11.8. The molecule has 0 heterocycles. The predicted molar refractivity (Wildman–Crippen MR) is 159 cm³/mol. The van der Waals surface area contributed by atoms with Crippen LogP contribution in [0.5, 0.6) is 0 Å². The van der Waals surface area contributed by atoms with Crippen LogP contribution in [0.25, 0.3) is 0 Å². The van der Waals surface area contributed by atoms with Gasteiger partial charge in [0, 0.05) is 17.2 Å². The molecular weight excluding hydrogens is 536 g/mol. The number of fused-ring (bicyclic) bond motifs is 7. The van der Waals surface area contributed by atoms with Crippen LogP contribution in [-0.4, -0.2) is 29.1 Å². The van der Waals surface area contributed by atoms with E-state index < -0.39 is 0 Å². The lowest BCUT2D eigenvalue weighted by Crippen LogP contribution is -2.66. The zero-order valence-corrected chi connectivity index (χ0v) is 26.8. The molecule has 0 aromatic heterocycles. The van der Waals surface area contributed by atoms with Crippen LogP contribution in [0.2, 0.25) is 0 Å². The fraction of sp³-hybridized carbons (Fsp3) is 0.912. The lowest BCUT2D eigenvalue weighted by molar-refractivity contribution is -0.250. The van der Waals surface area contributed by atoms with Gasteiger partial charge in [-0.25, -0.2) is 0 Å². The average molecular weight is 592 g/mol. The number of halogens is 1. The molecule has 0 aromatic carbocycles. The molecule has 216 valence electrons. The molecule has 0 amide bonds. The van der Waals surface area contributed by atoms with Crippen molar-refractivity contribution in [1.82, 2.24) is 0 Å². The molecule has 0 spiro atoms. The minimum atomic E-state index is -0.167. The van der Waals surface area contributed by atoms with Gasteiger partial charge in [0.1, 0.15) is 0 Å². The van der Waals surface area contributed by atoms with E-state index in [-0.39, 0.29) is 22.9 Å². The van der Waals surface area contributed by atoms with E-state index in [4.69, 9.17) is 4.74 Å². The average Bonchev–Trinajstić information content (AvgIpc) is 3.25. The number of hydrogen-bond donors (Lipinski definition) is 1. The second-order valence-corrected chi connectivity index (χ2v) is 16.7. The predicted octanol–water partition coefficient (Wildman–Crippen LogP) is 8.72. The molecule has 5 fully saturated rings. The number of hydrogen-bond acceptors (Lipinski definition) is 3. The monoisotopic (exact) mass is 590 g/mol. The van der Waals surface area contributed by atoms with E-state index in [2.05, 4.69) is 64.1 Å². The molecule has 0 saturated heterocycles. The summed E-state index contributed by atoms with van der Waals surface area (Å²) in [7, 11) is 0. The van der Waals surface area contributed by atoms with Crippen molar-refractivity contribution in [3.8, 4) is 0 Å². The summed E-state index contributed by atoms with van der Waals surface area (Å²) >= 11 is 3.45. The number of ether oxygens (including phenoxy) is 1. The summed E-state index contributed by atoms with van der Waals surface area (Å²) in [5.41, 5.74) is 2.41. The summed E-state index contributed by atoms with van der Waals surface area (Å²) in [6, 6.07) is 0. The van der Waals surface area contributed by atoms with Gasteiger partial charge >= 0.3 is 5.97 Å². The largest absolute Gasteiger partial charge is 0.465 e. The maximum absolute atomic E-state index is 12.6. The van der Waals surface area contributed by atoms with E-state index in [1.807, 2.05) is 0 Å². The summed E-state index contributed by atoms with van der Waals surface area (Å²) in [4.78, 5) is 12.6. The Morgan fingerprint density at radius 1 is 0.921 bits per heavy atom. The zero-order valence-electron chi connectivity index (χ0n) is 25.2. The second-order valence-electron chi connectivity index (χ2n) is 15.9. The first kappa shape index (κ1) is 29.2. The molecule has 5 aliphatic rings. The van der Waals surface area contributed by atoms with Gasteiger partial charge in [0.05, 0.1) is 12.7 Å². The molecule has 10 atom stereocenters. The molecule has 0 bridgehead atoms. The van der Waals surface area contributed by atoms with Crippen LogP contribution >= 0.6 is 15.9 Å². The molecule has 0 aliphatic heterocycles. The Hall–Kier alpha value is -0.350. The van der Waals surface area contributed by atoms with Gasteiger partial charge in [0.25, 0.3) is 0 Å². The number of carbonyl (C=O) groups excluding carboxylic acids is 1. The van der Waals surface area contributed by atoms with Crippen LogP contribution < -0.4 is 0 Å². The first-order valence-electron chi connectivity index (χ1n) is 15.8. The number of aliphatic hydroxyl groups excluding tert-OH is 1. The Kier molecular flexibility index (Phi) is 7.58. The van der Waals surface area contributed by atoms with Crippen LogP contribution in [0, 0.1) is 56.7 Å². The quantitative estimate of drug-likeness (QED) is 0.191. The Balaban J connectivity index is 1.46. The van der Waals surface area contributed by atoms with Crippen molar-refractivity contribution >= 4 is 21.9 Å². The molecule has 5 rings (SSSR count). The van der Waals surface area contributed by atoms with Crippen molar-refractivity contribution in [2.45, 2.75) is 125 Å². The van der Waals surface area contributed by atoms with Crippen molar-refractivity contribution in [3.63, 3.8) is 0 Å². The minimum absolute atomic E-state index is 0.00298. The van der Waals surface area contributed by atoms with Gasteiger partial charge in [-0.15, -0.1) is 0 Å². The molecule has 3 nitrogen and oxygen atoms in total. The van der Waals surface area contributed by atoms with E-state index in [1.54, 1.807) is 0 Å². The Morgan fingerprint density at radius 2 is 1.66 bits per heavy atom. The lowest BCUT2D eigenvalue weighted by atomic mass is 9.32. The minimum Gasteiger partial charge on any atom is -0.465 e. The summed E-state index contributed by atoms with van der Waals surface area (Å²) in [6.07, 6.45) is 13.3. The van der Waals surface area contributed by atoms with Gasteiger partial charge in [-0.3, -0.25) is 4.79 Å². The highest BCUT2D eigenvalue weighted by Crippen LogP contribution is 2.77. The van der Waals surface area contributed by atoms with Crippen molar-refractivity contribution in [2.75, 3.05) is 11.9 Å². The fourth-order valence-corrected chi connectivity index (χ4v) is 12.3. The van der Waals surface area contributed by atoms with Crippen molar-refractivity contribution in [1.29, 1.82) is 0 Å². The topological polar surface area (TPSA) is 46.5 Å². The van der Waals surface area contributed by atoms with Gasteiger partial charge in [-0.1, -0.05) is 62.7 Å². The molecule has 0 radical (unpaired) electrons. The summed E-state index contributed by atoms with van der Waals surface area (Å²) < 4.78 is 6.07. The van der Waals surface area contributed by atoms with Crippen LogP contribution in [0.15, 0.2) is 12.2 Å². The number of rotatable bonds is 6. The van der Waals surface area contributed by atoms with Crippen molar-refractivity contribution in [3.05, 3.63) is 12.2 Å². The Labute approximate surface area is 241 Å². The van der Waals surface area contributed by atoms with Crippen LogP contribution in [-0.2, 0) is 9.53 Å². The molecule has 0 aromatic rings. The first-order chi connectivity index (χ1) is 17.8. The summed E-state index contributed by atoms with van der Waals surface area (Å²) in [6.45, 7) is 20.0. The lowest BCUT2D eigenvalue weighted by Gasteiger charge is -2.73. The maximum Gasteiger partial charge on any atom is 0.305 e. The summed E-state index contributed by atoms with van der Waals surface area (Å²) in [5.74, 6) is 3.11. The third-order valence-electron chi connectivity index (χ3n) is 14.3. The van der Waals surface area contributed by atoms with Crippen LogP contribution in [0.1, 0.15) is 119 Å². The van der Waals surface area contributed by atoms with E-state index in [1.165, 1.54) is 63.4 Å². The second kappa shape index (κ2) is 9.88. The number of alkyl halides is 1. The normalized spacial score (nSPS) is 49.3. The third-order valence-corrected chi connectivity index (χ3v) is 14.8. The van der Waals surface area contributed by atoms with E-state index in [9.17, 15) is 9.90 Å². The Morgan fingerprint density at radius 3 is 2.34 bits per heavy atom. The van der Waals surface area contributed by atoms with Gasteiger partial charge in [-0.05, 0) is 129 Å². The molecule has 5 saturated carbocycles. The van der Waals surface area contributed by atoms with Gasteiger partial charge in [0.2, 0.25) is 0 Å². The van der Waals surface area contributed by atoms with Gasteiger partial charge in [0.15, 0.2) is 0 Å². The Bertz CT molecular complexity index is 944. The standard InChI is InChI=1S/C34H55BrO3/c1-22(2)23-12-17-34(21-38-28(37)9-8-20-35)19-18-32(6)24(29(23)34)10-11-26-31(5)15-14-27(36)30(3,4)25(31)13-16-33(26,32)7/h23-27,29,36H,1,8-21H2,2-7H3/t23-,24+,25-,26+,27-,29+,31-,32+,33+,34+/m0/s1. The van der Waals surface area contributed by atoms with Gasteiger partial charge < -0.3 is 9.84 Å². The molecule has 1 N–H and O–H groups in total. The van der Waals surface area contributed by atoms with E-state index >= 15 is 0 Å². The number of carbonyl (C=O) groups is 1. The highest BCUT2D eigenvalue weighted by molar-refractivity contribution is 9.09. The molecule has 4 heteroatoms. The molecule has 5 aliphatic carbocycles.